The van der Waals surface area contributed by atoms with Crippen molar-refractivity contribution in [2.45, 2.75) is 0 Å². The van der Waals surface area contributed by atoms with E-state index in [9.17, 15) is 0 Å². The van der Waals surface area contributed by atoms with Gasteiger partial charge in [0.25, 0.3) is 0 Å². The summed E-state index contributed by atoms with van der Waals surface area (Å²) in [7, 11) is 0. The minimum Gasteiger partial charge on any atom is -0.456 e. The van der Waals surface area contributed by atoms with E-state index in [-0.39, 0.29) is 0 Å². The van der Waals surface area contributed by atoms with Gasteiger partial charge in [0.1, 0.15) is 11.2 Å². The molecule has 0 fully saturated rings. The highest BCUT2D eigenvalue weighted by Gasteiger charge is 2.20. The number of furan rings is 1. The standard InChI is InChI=1S/C58H37NOS/c1-2-16-46-40(12-1)13-10-20-47(46)43-15-9-14-41(36-43)38-26-31-44(32-27-38)59(45-33-28-39(29-34-45)42-30-35-56-53(37-42)49-18-4-7-24-55(49)60-56)54-23-6-3-17-48(54)51-21-11-22-52-50-19-5-8-25-57(50)61-58(51)52/h1-37H. The van der Waals surface area contributed by atoms with Crippen molar-refractivity contribution in [3.05, 3.63) is 224 Å². The largest absolute Gasteiger partial charge is 0.456 e. The first-order chi connectivity index (χ1) is 30.2. The molecule has 0 unspecified atom stereocenters. The normalized spacial score (nSPS) is 11.6. The average Bonchev–Trinajstić information content (AvgIpc) is 3.91. The Morgan fingerprint density at radius 2 is 0.885 bits per heavy atom. The highest BCUT2D eigenvalue weighted by atomic mass is 32.1. The second-order valence-electron chi connectivity index (χ2n) is 15.6. The number of hydrogen-bond acceptors (Lipinski definition) is 3. The molecular weight excluding hydrogens is 759 g/mol. The Morgan fingerprint density at radius 1 is 0.328 bits per heavy atom. The van der Waals surface area contributed by atoms with Crippen LogP contribution in [0.4, 0.5) is 17.1 Å². The van der Waals surface area contributed by atoms with Gasteiger partial charge in [0.05, 0.1) is 5.69 Å². The maximum Gasteiger partial charge on any atom is 0.135 e. The maximum absolute atomic E-state index is 6.16. The van der Waals surface area contributed by atoms with E-state index in [2.05, 4.69) is 217 Å². The summed E-state index contributed by atoms with van der Waals surface area (Å²) in [5.41, 5.74) is 14.7. The van der Waals surface area contributed by atoms with Gasteiger partial charge in [-0.05, 0) is 105 Å². The second kappa shape index (κ2) is 14.5. The van der Waals surface area contributed by atoms with E-state index >= 15 is 0 Å². The molecule has 10 aromatic carbocycles. The van der Waals surface area contributed by atoms with Gasteiger partial charge in [-0.3, -0.25) is 0 Å². The first kappa shape index (κ1) is 35.2. The average molecular weight is 796 g/mol. The number of para-hydroxylation sites is 2. The Morgan fingerprint density at radius 3 is 1.72 bits per heavy atom. The van der Waals surface area contributed by atoms with Crippen LogP contribution in [0.2, 0.25) is 0 Å². The zero-order chi connectivity index (χ0) is 40.3. The van der Waals surface area contributed by atoms with Crippen LogP contribution in [0.1, 0.15) is 0 Å². The molecule has 0 saturated carbocycles. The van der Waals surface area contributed by atoms with Gasteiger partial charge < -0.3 is 9.32 Å². The number of rotatable bonds is 7. The molecule has 0 aliphatic carbocycles. The predicted octanol–water partition coefficient (Wildman–Crippen LogP) is 17.2. The van der Waals surface area contributed by atoms with Crippen LogP contribution in [0.3, 0.4) is 0 Å². The van der Waals surface area contributed by atoms with Gasteiger partial charge in [0.15, 0.2) is 0 Å². The van der Waals surface area contributed by atoms with Gasteiger partial charge in [0, 0.05) is 53.4 Å². The molecule has 12 aromatic rings. The van der Waals surface area contributed by atoms with Crippen LogP contribution >= 0.6 is 11.3 Å². The Kier molecular flexibility index (Phi) is 8.39. The van der Waals surface area contributed by atoms with Crippen molar-refractivity contribution < 1.29 is 4.42 Å². The molecule has 0 aliphatic heterocycles. The van der Waals surface area contributed by atoms with Crippen molar-refractivity contribution in [3.63, 3.8) is 0 Å². The summed E-state index contributed by atoms with van der Waals surface area (Å²) in [6.07, 6.45) is 0. The molecule has 286 valence electrons. The molecule has 0 bridgehead atoms. The van der Waals surface area contributed by atoms with Gasteiger partial charge in [-0.15, -0.1) is 11.3 Å². The quantitative estimate of drug-likeness (QED) is 0.160. The number of nitrogens with zero attached hydrogens (tertiary/aromatic N) is 1. The van der Waals surface area contributed by atoms with Crippen LogP contribution in [0.15, 0.2) is 229 Å². The third kappa shape index (κ3) is 6.09. The summed E-state index contributed by atoms with van der Waals surface area (Å²) in [6.45, 7) is 0. The molecule has 12 rings (SSSR count). The van der Waals surface area contributed by atoms with E-state index < -0.39 is 0 Å². The van der Waals surface area contributed by atoms with Crippen molar-refractivity contribution in [1.82, 2.24) is 0 Å². The molecule has 0 radical (unpaired) electrons. The lowest BCUT2D eigenvalue weighted by molar-refractivity contribution is 0.669. The smallest absolute Gasteiger partial charge is 0.135 e. The van der Waals surface area contributed by atoms with E-state index in [0.29, 0.717) is 0 Å². The summed E-state index contributed by atoms with van der Waals surface area (Å²) < 4.78 is 8.76. The monoisotopic (exact) mass is 795 g/mol. The van der Waals surface area contributed by atoms with Crippen LogP contribution in [0, 0.1) is 0 Å². The van der Waals surface area contributed by atoms with Gasteiger partial charge >= 0.3 is 0 Å². The molecule has 0 saturated heterocycles. The van der Waals surface area contributed by atoms with Gasteiger partial charge in [-0.25, -0.2) is 0 Å². The zero-order valence-corrected chi connectivity index (χ0v) is 33.9. The van der Waals surface area contributed by atoms with Crippen molar-refractivity contribution in [2.75, 3.05) is 4.90 Å². The fourth-order valence-corrected chi connectivity index (χ4v) is 10.4. The summed E-state index contributed by atoms with van der Waals surface area (Å²) in [5, 5.41) is 7.37. The molecule has 0 atom stereocenters. The van der Waals surface area contributed by atoms with Gasteiger partial charge in [0.2, 0.25) is 0 Å². The highest BCUT2D eigenvalue weighted by molar-refractivity contribution is 7.26. The Hall–Kier alpha value is -7.72. The number of benzene rings is 10. The molecule has 0 spiro atoms. The third-order valence-electron chi connectivity index (χ3n) is 12.1. The Bertz CT molecular complexity index is 3590. The lowest BCUT2D eigenvalue weighted by Gasteiger charge is -2.28. The van der Waals surface area contributed by atoms with E-state index in [1.165, 1.54) is 64.3 Å². The molecular formula is C58H37NOS. The SMILES string of the molecule is c1cc(-c2ccc(N(c3ccc(-c4ccc5oc6ccccc6c5c4)cc3)c3ccccc3-c3cccc4c3sc3ccccc34)cc2)cc(-c2cccc3ccccc23)c1. The van der Waals surface area contributed by atoms with E-state index in [4.69, 9.17) is 4.42 Å². The van der Waals surface area contributed by atoms with E-state index in [0.717, 1.165) is 50.1 Å². The van der Waals surface area contributed by atoms with Crippen LogP contribution in [-0.4, -0.2) is 0 Å². The number of hydrogen-bond donors (Lipinski definition) is 0. The summed E-state index contributed by atoms with van der Waals surface area (Å²) in [5.74, 6) is 0. The summed E-state index contributed by atoms with van der Waals surface area (Å²) >= 11 is 1.87. The summed E-state index contributed by atoms with van der Waals surface area (Å²) in [6, 6.07) is 81.3. The second-order valence-corrected chi connectivity index (χ2v) is 16.7. The molecule has 2 heterocycles. The first-order valence-corrected chi connectivity index (χ1v) is 21.6. The minimum absolute atomic E-state index is 0.904. The van der Waals surface area contributed by atoms with Gasteiger partial charge in [-0.2, -0.15) is 0 Å². The topological polar surface area (TPSA) is 16.4 Å². The molecule has 0 aliphatic rings. The minimum atomic E-state index is 0.904. The van der Waals surface area contributed by atoms with Crippen LogP contribution < -0.4 is 4.90 Å². The van der Waals surface area contributed by atoms with Crippen LogP contribution in [-0.2, 0) is 0 Å². The zero-order valence-electron chi connectivity index (χ0n) is 33.1. The highest BCUT2D eigenvalue weighted by Crippen LogP contribution is 2.46. The van der Waals surface area contributed by atoms with Crippen LogP contribution in [0.25, 0.3) is 97.4 Å². The molecule has 61 heavy (non-hydrogen) atoms. The predicted molar refractivity (Wildman–Crippen MR) is 261 cm³/mol. The fraction of sp³-hybridized carbons (Fsp3) is 0. The molecule has 2 aromatic heterocycles. The third-order valence-corrected chi connectivity index (χ3v) is 13.3. The molecule has 3 heteroatoms. The molecule has 0 amide bonds. The lowest BCUT2D eigenvalue weighted by atomic mass is 9.95. The van der Waals surface area contributed by atoms with Gasteiger partial charge in [-0.1, -0.05) is 164 Å². The fourth-order valence-electron chi connectivity index (χ4n) is 9.14. The van der Waals surface area contributed by atoms with Crippen molar-refractivity contribution in [2.24, 2.45) is 0 Å². The van der Waals surface area contributed by atoms with Crippen molar-refractivity contribution >= 4 is 81.3 Å². The summed E-state index contributed by atoms with van der Waals surface area (Å²) in [4.78, 5) is 2.41. The first-order valence-electron chi connectivity index (χ1n) is 20.7. The number of anilines is 3. The van der Waals surface area contributed by atoms with Crippen LogP contribution in [0.5, 0.6) is 0 Å². The van der Waals surface area contributed by atoms with Crippen molar-refractivity contribution in [1.29, 1.82) is 0 Å². The number of fused-ring (bicyclic) bond motifs is 7. The lowest BCUT2D eigenvalue weighted by Crippen LogP contribution is -2.11. The molecule has 2 nitrogen and oxygen atoms in total. The van der Waals surface area contributed by atoms with E-state index in [1.54, 1.807) is 0 Å². The Labute approximate surface area is 357 Å². The maximum atomic E-state index is 6.16. The molecule has 0 N–H and O–H groups in total. The number of thiophene rings is 1. The van der Waals surface area contributed by atoms with E-state index in [1.807, 2.05) is 23.5 Å². The van der Waals surface area contributed by atoms with Crippen molar-refractivity contribution in [3.8, 4) is 44.5 Å². The Balaban J connectivity index is 0.975.